The fraction of sp³-hybridized carbons (Fsp3) is 0.292. The van der Waals surface area contributed by atoms with Crippen LogP contribution in [0.3, 0.4) is 0 Å². The highest BCUT2D eigenvalue weighted by Gasteiger charge is 2.68. The Labute approximate surface area is 179 Å². The van der Waals surface area contributed by atoms with Crippen molar-refractivity contribution >= 4 is 23.7 Å². The highest BCUT2D eigenvalue weighted by Crippen LogP contribution is 2.67. The molecule has 2 aromatic rings. The highest BCUT2D eigenvalue weighted by molar-refractivity contribution is 6.11. The van der Waals surface area contributed by atoms with Crippen molar-refractivity contribution in [1.82, 2.24) is 9.88 Å². The lowest BCUT2D eigenvalue weighted by Gasteiger charge is -2.27. The number of esters is 1. The topological polar surface area (TPSA) is 88.7 Å². The molecule has 158 valence electrons. The number of amides is 1. The first-order valence-corrected chi connectivity index (χ1v) is 10.1. The molecule has 1 aromatic carbocycles. The largest absolute Gasteiger partial charge is 0.497 e. The fourth-order valence-corrected chi connectivity index (χ4v) is 5.06. The van der Waals surface area contributed by atoms with Crippen molar-refractivity contribution in [3.63, 3.8) is 0 Å². The number of benzene rings is 1. The van der Waals surface area contributed by atoms with Gasteiger partial charge < -0.3 is 19.4 Å². The van der Waals surface area contributed by atoms with Crippen molar-refractivity contribution in [2.75, 3.05) is 20.8 Å². The molecule has 1 N–H and O–H groups in total. The summed E-state index contributed by atoms with van der Waals surface area (Å²) in [5, 5.41) is 0. The Bertz CT molecular complexity index is 1190. The number of piperidine rings is 1. The van der Waals surface area contributed by atoms with Gasteiger partial charge in [-0.1, -0.05) is 12.1 Å². The molecule has 2 atom stereocenters. The van der Waals surface area contributed by atoms with Gasteiger partial charge in [0.15, 0.2) is 0 Å². The van der Waals surface area contributed by atoms with Crippen molar-refractivity contribution in [3.8, 4) is 5.75 Å². The summed E-state index contributed by atoms with van der Waals surface area (Å²) >= 11 is 0. The van der Waals surface area contributed by atoms with Crippen molar-refractivity contribution in [2.24, 2.45) is 5.92 Å². The third-order valence-corrected chi connectivity index (χ3v) is 6.59. The summed E-state index contributed by atoms with van der Waals surface area (Å²) in [6, 6.07) is 7.39. The quantitative estimate of drug-likeness (QED) is 0.609. The molecule has 3 aliphatic rings. The van der Waals surface area contributed by atoms with Gasteiger partial charge in [-0.2, -0.15) is 0 Å². The van der Waals surface area contributed by atoms with Crippen LogP contribution < -0.4 is 4.74 Å². The van der Waals surface area contributed by atoms with E-state index in [0.29, 0.717) is 34.8 Å². The van der Waals surface area contributed by atoms with Gasteiger partial charge in [-0.25, -0.2) is 4.79 Å². The number of likely N-dealkylation sites (tertiary alicyclic amines) is 1. The maximum atomic E-state index is 13.0. The lowest BCUT2D eigenvalue weighted by Crippen LogP contribution is -2.33. The molecule has 0 radical (unpaired) electrons. The van der Waals surface area contributed by atoms with Crippen LogP contribution in [0.1, 0.15) is 44.1 Å². The second kappa shape index (κ2) is 6.70. The van der Waals surface area contributed by atoms with Gasteiger partial charge in [-0.3, -0.25) is 9.59 Å². The van der Waals surface area contributed by atoms with Crippen LogP contribution in [0.25, 0.3) is 6.08 Å². The summed E-state index contributed by atoms with van der Waals surface area (Å²) in [4.78, 5) is 43.1. The molecule has 31 heavy (non-hydrogen) atoms. The molecule has 2 heterocycles. The number of carbonyl (C=O) groups is 3. The van der Waals surface area contributed by atoms with E-state index in [2.05, 4.69) is 4.98 Å². The molecule has 7 heteroatoms. The number of hydrogen-bond acceptors (Lipinski definition) is 5. The number of ether oxygens (including phenoxy) is 2. The molecular formula is C24H22N2O5. The molecular weight excluding hydrogens is 396 g/mol. The minimum atomic E-state index is -0.471. The standard InChI is InChI=1S/C24H22N2O5/c1-13-20(23(29)31-3)21-22(25-13)17(27)10-18-24(21)11-15(24)12-26(18)19(28)9-6-14-4-7-16(30-2)8-5-14/h4-10,15,25H,11-12H2,1-3H3/b9-6+/t15-,24+/m1/s1. The van der Waals surface area contributed by atoms with E-state index in [1.165, 1.54) is 13.2 Å². The SMILES string of the molecule is COC(=O)c1c(C)[nH]c2c1[C@@]13C[C@@H]1CN(C(=O)/C=C/c1ccc(OC)cc1)C3=CC2=O. The zero-order chi connectivity index (χ0) is 21.9. The van der Waals surface area contributed by atoms with Gasteiger partial charge in [0.25, 0.3) is 5.91 Å². The van der Waals surface area contributed by atoms with E-state index in [1.54, 1.807) is 31.1 Å². The number of fused-ring (bicyclic) bond motifs is 1. The van der Waals surface area contributed by atoms with Crippen molar-refractivity contribution < 1.29 is 23.9 Å². The number of nitrogens with one attached hydrogen (secondary N) is 1. The number of carbonyl (C=O) groups excluding carboxylic acids is 3. The lowest BCUT2D eigenvalue weighted by molar-refractivity contribution is -0.123. The van der Waals surface area contributed by atoms with Crippen LogP contribution in [0.15, 0.2) is 42.1 Å². The number of aryl methyl sites for hydroxylation is 1. The van der Waals surface area contributed by atoms with Crippen molar-refractivity contribution in [3.05, 3.63) is 70.2 Å². The zero-order valence-corrected chi connectivity index (χ0v) is 17.5. The van der Waals surface area contributed by atoms with Gasteiger partial charge in [0.2, 0.25) is 5.78 Å². The Kier molecular flexibility index (Phi) is 4.18. The maximum absolute atomic E-state index is 13.0. The molecule has 2 aliphatic carbocycles. The fourth-order valence-electron chi connectivity index (χ4n) is 5.06. The van der Waals surface area contributed by atoms with Gasteiger partial charge in [0.1, 0.15) is 5.75 Å². The van der Waals surface area contributed by atoms with E-state index in [1.807, 2.05) is 24.3 Å². The van der Waals surface area contributed by atoms with Gasteiger partial charge >= 0.3 is 5.97 Å². The molecule has 1 saturated carbocycles. The summed E-state index contributed by atoms with van der Waals surface area (Å²) in [5.41, 5.74) is 3.25. The molecule has 1 aromatic heterocycles. The number of H-pyrrole nitrogens is 1. The normalized spacial score (nSPS) is 23.2. The monoisotopic (exact) mass is 418 g/mol. The van der Waals surface area contributed by atoms with Gasteiger partial charge in [0, 0.05) is 41.1 Å². The van der Waals surface area contributed by atoms with Gasteiger partial charge in [-0.05, 0) is 43.0 Å². The minimum absolute atomic E-state index is 0.183. The number of nitrogens with zero attached hydrogens (tertiary/aromatic N) is 1. The lowest BCUT2D eigenvalue weighted by atomic mass is 9.82. The molecule has 1 aliphatic heterocycles. The number of aromatic nitrogens is 1. The van der Waals surface area contributed by atoms with Crippen LogP contribution in [-0.4, -0.2) is 48.3 Å². The Balaban J connectivity index is 1.47. The third-order valence-electron chi connectivity index (χ3n) is 6.59. The number of hydrogen-bond donors (Lipinski definition) is 1. The Morgan fingerprint density at radius 2 is 1.97 bits per heavy atom. The van der Waals surface area contributed by atoms with Gasteiger partial charge in [-0.15, -0.1) is 0 Å². The van der Waals surface area contributed by atoms with Crippen molar-refractivity contribution in [2.45, 2.75) is 18.8 Å². The maximum Gasteiger partial charge on any atom is 0.340 e. The van der Waals surface area contributed by atoms with E-state index >= 15 is 0 Å². The van der Waals surface area contributed by atoms with E-state index in [4.69, 9.17) is 9.47 Å². The second-order valence-corrected chi connectivity index (χ2v) is 8.19. The summed E-state index contributed by atoms with van der Waals surface area (Å²) < 4.78 is 10.1. The summed E-state index contributed by atoms with van der Waals surface area (Å²) in [6.07, 6.45) is 5.62. The number of rotatable bonds is 4. The van der Waals surface area contributed by atoms with E-state index in [0.717, 1.165) is 17.7 Å². The molecule has 2 fully saturated rings. The molecule has 5 rings (SSSR count). The Morgan fingerprint density at radius 1 is 1.23 bits per heavy atom. The zero-order valence-electron chi connectivity index (χ0n) is 17.5. The van der Waals surface area contributed by atoms with Crippen LogP contribution in [0.4, 0.5) is 0 Å². The van der Waals surface area contributed by atoms with Crippen molar-refractivity contribution in [1.29, 1.82) is 0 Å². The first-order valence-electron chi connectivity index (χ1n) is 10.1. The number of allylic oxidation sites excluding steroid dienone is 2. The molecule has 7 nitrogen and oxygen atoms in total. The molecule has 1 amide bonds. The average molecular weight is 418 g/mol. The number of aromatic amines is 1. The predicted octanol–water partition coefficient (Wildman–Crippen LogP) is 3.01. The Hall–Kier alpha value is -3.61. The minimum Gasteiger partial charge on any atom is -0.497 e. The summed E-state index contributed by atoms with van der Waals surface area (Å²) in [7, 11) is 2.93. The van der Waals surface area contributed by atoms with Crippen LogP contribution in [0.5, 0.6) is 5.75 Å². The molecule has 0 bridgehead atoms. The number of ketones is 1. The highest BCUT2D eigenvalue weighted by atomic mass is 16.5. The molecule has 1 saturated heterocycles. The molecule has 0 unspecified atom stereocenters. The first-order chi connectivity index (χ1) is 14.9. The predicted molar refractivity (Wildman–Crippen MR) is 113 cm³/mol. The second-order valence-electron chi connectivity index (χ2n) is 8.19. The molecule has 1 spiro atoms. The van der Waals surface area contributed by atoms with Crippen LogP contribution >= 0.6 is 0 Å². The van der Waals surface area contributed by atoms with Crippen LogP contribution in [0, 0.1) is 12.8 Å². The smallest absolute Gasteiger partial charge is 0.340 e. The van der Waals surface area contributed by atoms with Crippen LogP contribution in [0.2, 0.25) is 0 Å². The van der Waals surface area contributed by atoms with E-state index in [9.17, 15) is 14.4 Å². The summed E-state index contributed by atoms with van der Waals surface area (Å²) in [6.45, 7) is 2.29. The third kappa shape index (κ3) is 2.69. The first kappa shape index (κ1) is 19.4. The summed E-state index contributed by atoms with van der Waals surface area (Å²) in [5.74, 6) is 0.0564. The van der Waals surface area contributed by atoms with E-state index in [-0.39, 0.29) is 17.6 Å². The average Bonchev–Trinajstić information content (AvgIpc) is 3.22. The van der Waals surface area contributed by atoms with Gasteiger partial charge in [0.05, 0.1) is 25.5 Å². The van der Waals surface area contributed by atoms with Crippen LogP contribution in [-0.2, 0) is 14.9 Å². The number of methoxy groups -OCH3 is 2. The van der Waals surface area contributed by atoms with E-state index < -0.39 is 11.4 Å². The Morgan fingerprint density at radius 3 is 2.65 bits per heavy atom.